The molecule has 0 aliphatic heterocycles. The molecule has 17 heteroatoms. The Hall–Kier alpha value is -2.79. The predicted molar refractivity (Wildman–Crippen MR) is 360 cm³/mol. The Labute approximate surface area is 558 Å². The van der Waals surface area contributed by atoms with E-state index in [-0.39, 0.29) is 40.6 Å². The van der Waals surface area contributed by atoms with Crippen LogP contribution in [0.4, 0.5) is 0 Å². The van der Waals surface area contributed by atoms with Gasteiger partial charge in [-0.1, -0.05) is 332 Å². The first-order chi connectivity index (χ1) is 42.2. The molecule has 0 aliphatic carbocycles. The molecular weight excluding hydrogens is 1280 g/mol. The van der Waals surface area contributed by atoms with Crippen molar-refractivity contribution < 1.29 is 72.9 Å². The first kappa shape index (κ1) is 86.2. The van der Waals surface area contributed by atoms with Gasteiger partial charge in [-0.15, -0.1) is 0 Å². The average Bonchev–Trinajstić information content (AvgIpc) is 3.51. The largest absolute Gasteiger partial charge is 4.00 e. The van der Waals surface area contributed by atoms with E-state index < -0.39 is 40.5 Å². The molecule has 0 heterocycles. The monoisotopic (exact) mass is 1400 g/mol. The minimum atomic E-state index is -4.35. The van der Waals surface area contributed by atoms with Crippen LogP contribution in [-0.4, -0.2) is 51.9 Å². The van der Waals surface area contributed by atoms with E-state index in [0.29, 0.717) is 47.9 Å². The van der Waals surface area contributed by atoms with E-state index in [4.69, 9.17) is 0 Å². The second-order valence-corrected chi connectivity index (χ2v) is 29.4. The zero-order valence-corrected chi connectivity index (χ0v) is 60.6. The first-order valence-electron chi connectivity index (χ1n) is 34.4. The van der Waals surface area contributed by atoms with Crippen LogP contribution >= 0.6 is 0 Å². The number of unbranched alkanes of at least 4 members (excludes halogenated alkanes) is 36. The zero-order valence-electron chi connectivity index (χ0n) is 55.3. The summed E-state index contributed by atoms with van der Waals surface area (Å²) in [6, 6.07) is 26.2. The molecule has 0 aliphatic rings. The van der Waals surface area contributed by atoms with Gasteiger partial charge in [0.2, 0.25) is 0 Å². The van der Waals surface area contributed by atoms with Crippen molar-refractivity contribution in [3.63, 3.8) is 0 Å². The number of rotatable bonds is 48. The zero-order chi connectivity index (χ0) is 65.0. The van der Waals surface area contributed by atoms with Crippen LogP contribution < -0.4 is 0 Å². The standard InChI is InChI=1S/4C18H30O3S.Mo/c4*1-2-3-4-5-6-7-8-9-10-11-14-17-15-12-13-16-18(17)22(19,20)21;/h4*12-13,15-16H,2-11,14H2,1H3,(H,19,20,21);/q;;;;+4/p-4. The summed E-state index contributed by atoms with van der Waals surface area (Å²) in [4.78, 5) is -0.200. The summed E-state index contributed by atoms with van der Waals surface area (Å²) in [7, 11) is -17.4. The Balaban J connectivity index is 0.00000116. The number of hydrogen-bond donors (Lipinski definition) is 0. The van der Waals surface area contributed by atoms with Crippen molar-refractivity contribution in [2.45, 2.75) is 330 Å². The molecule has 0 aromatic heterocycles. The molecule has 0 N–H and O–H groups in total. The van der Waals surface area contributed by atoms with Crippen LogP contribution in [0.15, 0.2) is 117 Å². The normalized spacial score (nSPS) is 11.6. The average molecular weight is 1400 g/mol. The van der Waals surface area contributed by atoms with Gasteiger partial charge in [0.25, 0.3) is 0 Å². The fourth-order valence-corrected chi connectivity index (χ4v) is 14.0. The number of benzene rings is 4. The minimum absolute atomic E-state index is 0. The molecule has 0 radical (unpaired) electrons. The van der Waals surface area contributed by atoms with E-state index in [2.05, 4.69) is 27.7 Å². The summed E-state index contributed by atoms with van der Waals surface area (Å²) in [6.45, 7) is 8.93. The molecule has 0 spiro atoms. The molecule has 0 saturated heterocycles. The van der Waals surface area contributed by atoms with E-state index in [1.54, 1.807) is 72.8 Å². The molecule has 0 bridgehead atoms. The van der Waals surface area contributed by atoms with Crippen LogP contribution in [0.1, 0.15) is 307 Å². The third kappa shape index (κ3) is 46.0. The third-order valence-electron chi connectivity index (χ3n) is 16.2. The van der Waals surface area contributed by atoms with Gasteiger partial charge >= 0.3 is 21.1 Å². The van der Waals surface area contributed by atoms with Gasteiger partial charge in [-0.2, -0.15) is 0 Å². The Morgan fingerprint density at radius 1 is 0.213 bits per heavy atom. The fraction of sp³-hybridized carbons (Fsp3) is 0.667. The summed E-state index contributed by atoms with van der Waals surface area (Å²) in [5.74, 6) is 0. The molecule has 0 saturated carbocycles. The molecule has 0 fully saturated rings. The van der Waals surface area contributed by atoms with Crippen molar-refractivity contribution in [2.75, 3.05) is 0 Å². The molecule has 4 rings (SSSR count). The van der Waals surface area contributed by atoms with Crippen LogP contribution in [0.25, 0.3) is 0 Å². The molecule has 0 atom stereocenters. The van der Waals surface area contributed by atoms with Crippen molar-refractivity contribution in [2.24, 2.45) is 0 Å². The van der Waals surface area contributed by atoms with Gasteiger partial charge in [-0.05, 0) is 97.9 Å². The molecule has 0 amide bonds. The number of aryl methyl sites for hydroxylation is 4. The van der Waals surface area contributed by atoms with Crippen molar-refractivity contribution in [3.05, 3.63) is 119 Å². The van der Waals surface area contributed by atoms with E-state index in [9.17, 15) is 51.9 Å². The van der Waals surface area contributed by atoms with Gasteiger partial charge in [0.1, 0.15) is 40.5 Å². The van der Waals surface area contributed by atoms with Crippen molar-refractivity contribution in [3.8, 4) is 0 Å². The molecule has 506 valence electrons. The van der Waals surface area contributed by atoms with Gasteiger partial charge in [-0.25, -0.2) is 33.7 Å². The number of hydrogen-bond acceptors (Lipinski definition) is 12. The smallest absolute Gasteiger partial charge is 0.744 e. The molecule has 89 heavy (non-hydrogen) atoms. The first-order valence-corrected chi connectivity index (χ1v) is 40.0. The van der Waals surface area contributed by atoms with Crippen LogP contribution in [0.3, 0.4) is 0 Å². The fourth-order valence-electron chi connectivity index (χ4n) is 11.0. The summed E-state index contributed by atoms with van der Waals surface area (Å²) in [5.41, 5.74) is 2.66. The Morgan fingerprint density at radius 3 is 0.472 bits per heavy atom. The summed E-state index contributed by atoms with van der Waals surface area (Å²) in [6.07, 6.45) is 52.6. The van der Waals surface area contributed by atoms with Crippen LogP contribution in [0.2, 0.25) is 0 Å². The maximum absolute atomic E-state index is 11.2. The molecule has 4 aromatic carbocycles. The van der Waals surface area contributed by atoms with Gasteiger partial charge in [0, 0.05) is 0 Å². The van der Waals surface area contributed by atoms with Crippen molar-refractivity contribution in [1.29, 1.82) is 0 Å². The molecule has 12 nitrogen and oxygen atoms in total. The summed E-state index contributed by atoms with van der Waals surface area (Å²) >= 11 is 0. The predicted octanol–water partition coefficient (Wildman–Crippen LogP) is 20.2. The van der Waals surface area contributed by atoms with Crippen molar-refractivity contribution >= 4 is 40.5 Å². The third-order valence-corrected chi connectivity index (χ3v) is 19.9. The van der Waals surface area contributed by atoms with E-state index >= 15 is 0 Å². The van der Waals surface area contributed by atoms with Gasteiger partial charge in [0.05, 0.1) is 19.6 Å². The quantitative estimate of drug-likeness (QED) is 0.0228. The van der Waals surface area contributed by atoms with Crippen molar-refractivity contribution in [1.82, 2.24) is 0 Å². The van der Waals surface area contributed by atoms with Gasteiger partial charge in [0.15, 0.2) is 0 Å². The van der Waals surface area contributed by atoms with Crippen LogP contribution in [-0.2, 0) is 87.2 Å². The van der Waals surface area contributed by atoms with E-state index in [1.807, 2.05) is 0 Å². The summed E-state index contributed by atoms with van der Waals surface area (Å²) < 4.78 is 134. The second-order valence-electron chi connectivity index (χ2n) is 24.0. The molecule has 0 unspecified atom stereocenters. The Bertz CT molecular complexity index is 2430. The van der Waals surface area contributed by atoms with Crippen LogP contribution in [0, 0.1) is 0 Å². The minimum Gasteiger partial charge on any atom is -0.744 e. The van der Waals surface area contributed by atoms with E-state index in [0.717, 1.165) is 51.4 Å². The van der Waals surface area contributed by atoms with Gasteiger partial charge in [-0.3, -0.25) is 0 Å². The molecule has 4 aromatic rings. The Kier molecular flexibility index (Phi) is 52.9. The van der Waals surface area contributed by atoms with E-state index in [1.165, 1.54) is 230 Å². The van der Waals surface area contributed by atoms with Gasteiger partial charge < -0.3 is 18.2 Å². The SMILES string of the molecule is CCCCCCCCCCCCc1ccccc1S(=O)(=O)[O-].CCCCCCCCCCCCc1ccccc1S(=O)(=O)[O-].CCCCCCCCCCCCc1ccccc1S(=O)(=O)[O-].CCCCCCCCCCCCc1ccccc1S(=O)(=O)[O-].[Mo+4]. The summed E-state index contributed by atoms with van der Waals surface area (Å²) in [5, 5.41) is 0. The maximum atomic E-state index is 11.2. The molecular formula is C72H116MoO12S4. The van der Waals surface area contributed by atoms with Crippen LogP contribution in [0.5, 0.6) is 0 Å². The second kappa shape index (κ2) is 54.6. The maximum Gasteiger partial charge on any atom is 4.00 e. The Morgan fingerprint density at radius 2 is 0.337 bits per heavy atom. The topological polar surface area (TPSA) is 229 Å².